The molecule has 8 nitrogen and oxygen atoms in total. The van der Waals surface area contributed by atoms with E-state index in [4.69, 9.17) is 9.84 Å². The van der Waals surface area contributed by atoms with E-state index in [-0.39, 0.29) is 23.7 Å². The van der Waals surface area contributed by atoms with Gasteiger partial charge in [0.25, 0.3) is 0 Å². The first-order chi connectivity index (χ1) is 16.4. The number of nitrogens with zero attached hydrogens (tertiary/aromatic N) is 2. The highest BCUT2D eigenvalue weighted by molar-refractivity contribution is 5.99. The largest absolute Gasteiger partial charge is 0.454 e. The predicted octanol–water partition coefficient (Wildman–Crippen LogP) is 4.89. The van der Waals surface area contributed by atoms with Crippen molar-refractivity contribution in [2.45, 2.75) is 0 Å². The van der Waals surface area contributed by atoms with E-state index in [1.807, 2.05) is 0 Å². The fourth-order valence-corrected chi connectivity index (χ4v) is 2.98. The number of aromatic nitrogens is 2. The van der Waals surface area contributed by atoms with E-state index in [1.165, 1.54) is 24.4 Å². The fourth-order valence-electron chi connectivity index (χ4n) is 2.98. The molecule has 0 aliphatic rings. The molecule has 0 radical (unpaired) electrons. The van der Waals surface area contributed by atoms with Gasteiger partial charge in [0.05, 0.1) is 23.8 Å². The zero-order valence-electron chi connectivity index (χ0n) is 17.5. The quantitative estimate of drug-likeness (QED) is 0.307. The molecule has 4 rings (SSSR count). The molecule has 0 saturated heterocycles. The van der Waals surface area contributed by atoms with Crippen LogP contribution in [0.2, 0.25) is 0 Å². The molecule has 11 heteroatoms. The number of nitrogens with one attached hydrogen (secondary N) is 3. The zero-order valence-corrected chi connectivity index (χ0v) is 17.5. The topological polar surface area (TPSA) is 108 Å². The van der Waals surface area contributed by atoms with Crippen LogP contribution in [0.4, 0.5) is 35.2 Å². The maximum atomic E-state index is 14.6. The predicted molar refractivity (Wildman–Crippen MR) is 121 cm³/mol. The number of aliphatic hydroxyl groups is 1. The van der Waals surface area contributed by atoms with E-state index in [0.717, 1.165) is 18.2 Å². The third-order valence-corrected chi connectivity index (χ3v) is 4.53. The third kappa shape index (κ3) is 5.51. The number of urea groups is 1. The molecule has 1 aromatic heterocycles. The van der Waals surface area contributed by atoms with Gasteiger partial charge in [0, 0.05) is 36.1 Å². The summed E-state index contributed by atoms with van der Waals surface area (Å²) in [6.07, 6.45) is 1.53. The van der Waals surface area contributed by atoms with E-state index in [2.05, 4.69) is 25.9 Å². The minimum Gasteiger partial charge on any atom is -0.454 e. The molecule has 0 unspecified atom stereocenters. The molecule has 174 valence electrons. The van der Waals surface area contributed by atoms with Crippen LogP contribution in [0.3, 0.4) is 0 Å². The molecule has 1 heterocycles. The maximum absolute atomic E-state index is 14.6. The van der Waals surface area contributed by atoms with Crippen molar-refractivity contribution in [1.29, 1.82) is 0 Å². The normalized spacial score (nSPS) is 10.7. The van der Waals surface area contributed by atoms with Gasteiger partial charge >= 0.3 is 6.03 Å². The van der Waals surface area contributed by atoms with Gasteiger partial charge < -0.3 is 25.8 Å². The molecule has 4 aromatic rings. The monoisotopic (exact) mass is 469 g/mol. The van der Waals surface area contributed by atoms with Gasteiger partial charge in [0.15, 0.2) is 23.2 Å². The van der Waals surface area contributed by atoms with E-state index >= 15 is 0 Å². The van der Waals surface area contributed by atoms with Gasteiger partial charge in [-0.15, -0.1) is 0 Å². The first-order valence-electron chi connectivity index (χ1n) is 10.0. The zero-order chi connectivity index (χ0) is 24.1. The highest BCUT2D eigenvalue weighted by Crippen LogP contribution is 2.28. The van der Waals surface area contributed by atoms with Crippen LogP contribution in [0.25, 0.3) is 11.0 Å². The Morgan fingerprint density at radius 2 is 1.62 bits per heavy atom. The molecule has 0 atom stereocenters. The number of benzene rings is 3. The Labute approximate surface area is 191 Å². The van der Waals surface area contributed by atoms with Crippen LogP contribution in [0, 0.1) is 17.5 Å². The maximum Gasteiger partial charge on any atom is 0.323 e. The fraction of sp³-hybridized carbons (Fsp3) is 0.0870. The second-order valence-electron chi connectivity index (χ2n) is 7.01. The number of aliphatic hydroxyl groups excluding tert-OH is 1. The molecule has 0 aliphatic carbocycles. The Hall–Kier alpha value is -4.38. The Kier molecular flexibility index (Phi) is 6.74. The summed E-state index contributed by atoms with van der Waals surface area (Å²) in [6.45, 7) is 0.264. The smallest absolute Gasteiger partial charge is 0.323 e. The lowest BCUT2D eigenvalue weighted by Crippen LogP contribution is -2.19. The van der Waals surface area contributed by atoms with Crippen molar-refractivity contribution in [2.24, 2.45) is 0 Å². The van der Waals surface area contributed by atoms with Crippen molar-refractivity contribution in [3.8, 4) is 11.5 Å². The molecular weight excluding hydrogens is 451 g/mol. The second kappa shape index (κ2) is 10.0. The van der Waals surface area contributed by atoms with Crippen molar-refractivity contribution in [1.82, 2.24) is 9.97 Å². The third-order valence-electron chi connectivity index (χ3n) is 4.53. The Balaban J connectivity index is 1.43. The number of hydrogen-bond acceptors (Lipinski definition) is 6. The number of amides is 2. The minimum atomic E-state index is -1.11. The van der Waals surface area contributed by atoms with Crippen molar-refractivity contribution in [3.63, 3.8) is 0 Å². The summed E-state index contributed by atoms with van der Waals surface area (Å²) in [5.41, 5.74) is 1.27. The highest BCUT2D eigenvalue weighted by atomic mass is 19.2. The van der Waals surface area contributed by atoms with Gasteiger partial charge in [0.1, 0.15) is 11.6 Å². The van der Waals surface area contributed by atoms with E-state index in [9.17, 15) is 18.0 Å². The van der Waals surface area contributed by atoms with Crippen molar-refractivity contribution < 1.29 is 27.8 Å². The number of rotatable bonds is 7. The SMILES string of the molecule is O=C(Nc1ccc(F)c(F)c1)Nc1ccc(Oc2ccc3ncc(NCCO)nc3c2)c(F)c1. The van der Waals surface area contributed by atoms with Gasteiger partial charge in [0.2, 0.25) is 0 Å². The highest BCUT2D eigenvalue weighted by Gasteiger charge is 2.11. The van der Waals surface area contributed by atoms with Gasteiger partial charge in [-0.25, -0.2) is 22.9 Å². The minimum absolute atomic E-state index is 0.0333. The van der Waals surface area contributed by atoms with Crippen molar-refractivity contribution in [2.75, 3.05) is 29.1 Å². The van der Waals surface area contributed by atoms with E-state index < -0.39 is 23.5 Å². The lowest BCUT2D eigenvalue weighted by Gasteiger charge is -2.11. The van der Waals surface area contributed by atoms with Crippen LogP contribution < -0.4 is 20.7 Å². The summed E-state index contributed by atoms with van der Waals surface area (Å²) >= 11 is 0. The Bertz CT molecular complexity index is 1350. The first kappa shape index (κ1) is 22.8. The number of halogens is 3. The van der Waals surface area contributed by atoms with Crippen molar-refractivity contribution in [3.05, 3.63) is 78.2 Å². The molecule has 3 aromatic carbocycles. The summed E-state index contributed by atoms with van der Waals surface area (Å²) in [7, 11) is 0. The van der Waals surface area contributed by atoms with Crippen LogP contribution in [-0.4, -0.2) is 34.3 Å². The Morgan fingerprint density at radius 3 is 2.32 bits per heavy atom. The number of anilines is 3. The molecule has 0 bridgehead atoms. The molecule has 0 aliphatic heterocycles. The second-order valence-corrected chi connectivity index (χ2v) is 7.01. The summed E-state index contributed by atoms with van der Waals surface area (Å²) in [5, 5.41) is 16.5. The Morgan fingerprint density at radius 1 is 0.882 bits per heavy atom. The summed E-state index contributed by atoms with van der Waals surface area (Å²) < 4.78 is 46.4. The van der Waals surface area contributed by atoms with E-state index in [1.54, 1.807) is 18.2 Å². The summed E-state index contributed by atoms with van der Waals surface area (Å²) in [6, 6.07) is 10.8. The lowest BCUT2D eigenvalue weighted by molar-refractivity contribution is 0.262. The average molecular weight is 469 g/mol. The van der Waals surface area contributed by atoms with E-state index in [0.29, 0.717) is 29.1 Å². The van der Waals surface area contributed by atoms with Crippen LogP contribution in [0.15, 0.2) is 60.8 Å². The molecule has 0 spiro atoms. The molecule has 2 amide bonds. The number of carbonyl (C=O) groups excluding carboxylic acids is 1. The van der Waals surface area contributed by atoms with Crippen LogP contribution >= 0.6 is 0 Å². The number of ether oxygens (including phenoxy) is 1. The number of hydrogen-bond donors (Lipinski definition) is 4. The molecule has 34 heavy (non-hydrogen) atoms. The average Bonchev–Trinajstić information content (AvgIpc) is 2.81. The van der Waals surface area contributed by atoms with Gasteiger partial charge in [-0.1, -0.05) is 0 Å². The molecule has 0 fully saturated rings. The summed E-state index contributed by atoms with van der Waals surface area (Å²) in [4.78, 5) is 20.7. The summed E-state index contributed by atoms with van der Waals surface area (Å²) in [5.74, 6) is -2.19. The van der Waals surface area contributed by atoms with Gasteiger partial charge in [-0.05, 0) is 36.4 Å². The van der Waals surface area contributed by atoms with Gasteiger partial charge in [-0.3, -0.25) is 4.98 Å². The molecule has 4 N–H and O–H groups in total. The van der Waals surface area contributed by atoms with Gasteiger partial charge in [-0.2, -0.15) is 0 Å². The lowest BCUT2D eigenvalue weighted by atomic mass is 10.2. The number of carbonyl (C=O) groups is 1. The standard InChI is InChI=1S/C23H18F3N5O3/c24-16-4-1-13(9-17(16)25)29-23(33)30-14-2-6-21(18(26)10-14)34-15-3-5-19-20(11-15)31-22(12-28-19)27-7-8-32/h1-6,9-12,32H,7-8H2,(H,27,31)(H2,29,30,33). The molecule has 0 saturated carbocycles. The van der Waals surface area contributed by atoms with Crippen LogP contribution in [0.1, 0.15) is 0 Å². The van der Waals surface area contributed by atoms with Crippen LogP contribution in [-0.2, 0) is 0 Å². The number of fused-ring (bicyclic) bond motifs is 1. The molecular formula is C23H18F3N5O3. The first-order valence-corrected chi connectivity index (χ1v) is 10.0. The van der Waals surface area contributed by atoms with Crippen LogP contribution in [0.5, 0.6) is 11.5 Å². The van der Waals surface area contributed by atoms with Crippen molar-refractivity contribution >= 4 is 34.3 Å².